The molecule has 2 aromatic rings. The van der Waals surface area contributed by atoms with Gasteiger partial charge in [-0.05, 0) is 25.1 Å². The standard InChI is InChI=1S/C13H19N5/c1-4-18-11(7-9-16-18)10-15-12-6-5-8-14-13(12)17(2)3/h5-9,15H,4,10H2,1-3H3. The Labute approximate surface area is 107 Å². The average molecular weight is 245 g/mol. The zero-order chi connectivity index (χ0) is 13.0. The number of aromatic nitrogens is 3. The van der Waals surface area contributed by atoms with Crippen molar-refractivity contribution in [2.75, 3.05) is 24.3 Å². The number of rotatable bonds is 5. The van der Waals surface area contributed by atoms with E-state index in [1.807, 2.05) is 48.1 Å². The molecule has 0 bridgehead atoms. The van der Waals surface area contributed by atoms with Crippen LogP contribution in [0.25, 0.3) is 0 Å². The Hall–Kier alpha value is -2.04. The fraction of sp³-hybridized carbons (Fsp3) is 0.385. The number of pyridine rings is 1. The molecule has 0 aliphatic heterocycles. The molecule has 0 radical (unpaired) electrons. The van der Waals surface area contributed by atoms with Crippen LogP contribution in [0.1, 0.15) is 12.6 Å². The third-order valence-corrected chi connectivity index (χ3v) is 2.77. The lowest BCUT2D eigenvalue weighted by Crippen LogP contribution is -2.14. The van der Waals surface area contributed by atoms with Gasteiger partial charge in [0.15, 0.2) is 5.82 Å². The van der Waals surface area contributed by atoms with E-state index in [2.05, 4.69) is 22.3 Å². The van der Waals surface area contributed by atoms with Crippen molar-refractivity contribution < 1.29 is 0 Å². The zero-order valence-corrected chi connectivity index (χ0v) is 11.1. The highest BCUT2D eigenvalue weighted by atomic mass is 15.3. The first-order valence-electron chi connectivity index (χ1n) is 6.09. The molecule has 0 spiro atoms. The number of anilines is 2. The second-order valence-electron chi connectivity index (χ2n) is 4.26. The van der Waals surface area contributed by atoms with E-state index in [1.54, 1.807) is 6.20 Å². The van der Waals surface area contributed by atoms with Crippen molar-refractivity contribution in [2.45, 2.75) is 20.0 Å². The number of nitrogens with zero attached hydrogens (tertiary/aromatic N) is 4. The summed E-state index contributed by atoms with van der Waals surface area (Å²) in [7, 11) is 3.98. The molecule has 1 N–H and O–H groups in total. The van der Waals surface area contributed by atoms with Crippen LogP contribution in [0.15, 0.2) is 30.6 Å². The lowest BCUT2D eigenvalue weighted by Gasteiger charge is -2.17. The van der Waals surface area contributed by atoms with Crippen LogP contribution in [0.2, 0.25) is 0 Å². The Morgan fingerprint density at radius 2 is 2.11 bits per heavy atom. The molecule has 0 unspecified atom stereocenters. The zero-order valence-electron chi connectivity index (χ0n) is 11.1. The maximum atomic E-state index is 4.36. The Balaban J connectivity index is 2.11. The molecule has 5 nitrogen and oxygen atoms in total. The monoisotopic (exact) mass is 245 g/mol. The minimum atomic E-state index is 0.750. The minimum Gasteiger partial charge on any atom is -0.376 e. The van der Waals surface area contributed by atoms with Crippen LogP contribution >= 0.6 is 0 Å². The van der Waals surface area contributed by atoms with Crippen molar-refractivity contribution in [1.29, 1.82) is 0 Å². The molecule has 0 saturated carbocycles. The Morgan fingerprint density at radius 3 is 2.83 bits per heavy atom. The molecular weight excluding hydrogens is 226 g/mol. The molecule has 0 saturated heterocycles. The summed E-state index contributed by atoms with van der Waals surface area (Å²) in [5.41, 5.74) is 2.21. The third-order valence-electron chi connectivity index (χ3n) is 2.77. The molecule has 0 amide bonds. The summed E-state index contributed by atoms with van der Waals surface area (Å²) < 4.78 is 1.98. The van der Waals surface area contributed by atoms with Gasteiger partial charge in [-0.3, -0.25) is 4.68 Å². The van der Waals surface area contributed by atoms with Crippen molar-refractivity contribution >= 4 is 11.5 Å². The van der Waals surface area contributed by atoms with E-state index < -0.39 is 0 Å². The van der Waals surface area contributed by atoms with Gasteiger partial charge >= 0.3 is 0 Å². The molecule has 18 heavy (non-hydrogen) atoms. The highest BCUT2D eigenvalue weighted by molar-refractivity contribution is 5.64. The average Bonchev–Trinajstić information content (AvgIpc) is 2.84. The van der Waals surface area contributed by atoms with E-state index in [4.69, 9.17) is 0 Å². The lowest BCUT2D eigenvalue weighted by atomic mass is 10.3. The van der Waals surface area contributed by atoms with Gasteiger partial charge in [0.2, 0.25) is 0 Å². The van der Waals surface area contributed by atoms with E-state index in [-0.39, 0.29) is 0 Å². The summed E-state index contributed by atoms with van der Waals surface area (Å²) in [6.07, 6.45) is 3.63. The Morgan fingerprint density at radius 1 is 1.28 bits per heavy atom. The topological polar surface area (TPSA) is 46.0 Å². The van der Waals surface area contributed by atoms with Gasteiger partial charge in [-0.25, -0.2) is 4.98 Å². The fourth-order valence-electron chi connectivity index (χ4n) is 1.87. The van der Waals surface area contributed by atoms with Crippen molar-refractivity contribution in [3.8, 4) is 0 Å². The molecule has 5 heteroatoms. The molecule has 0 aromatic carbocycles. The van der Waals surface area contributed by atoms with E-state index >= 15 is 0 Å². The third kappa shape index (κ3) is 2.61. The number of hydrogen-bond donors (Lipinski definition) is 1. The summed E-state index contributed by atoms with van der Waals surface area (Å²) >= 11 is 0. The smallest absolute Gasteiger partial charge is 0.151 e. The van der Waals surface area contributed by atoms with Gasteiger partial charge in [0.1, 0.15) is 0 Å². The van der Waals surface area contributed by atoms with Crippen LogP contribution in [0.3, 0.4) is 0 Å². The summed E-state index contributed by atoms with van der Waals surface area (Å²) in [4.78, 5) is 6.36. The minimum absolute atomic E-state index is 0.750. The van der Waals surface area contributed by atoms with Crippen LogP contribution in [0.5, 0.6) is 0 Å². The molecule has 0 atom stereocenters. The van der Waals surface area contributed by atoms with E-state index in [0.29, 0.717) is 0 Å². The van der Waals surface area contributed by atoms with Gasteiger partial charge < -0.3 is 10.2 Å². The van der Waals surface area contributed by atoms with Crippen molar-refractivity contribution in [3.05, 3.63) is 36.3 Å². The van der Waals surface area contributed by atoms with Crippen LogP contribution in [0, 0.1) is 0 Å². The summed E-state index contributed by atoms with van der Waals surface area (Å²) in [5, 5.41) is 7.66. The van der Waals surface area contributed by atoms with Crippen LogP contribution in [-0.2, 0) is 13.1 Å². The number of aryl methyl sites for hydroxylation is 1. The Kier molecular flexibility index (Phi) is 3.82. The van der Waals surface area contributed by atoms with Crippen LogP contribution in [0.4, 0.5) is 11.5 Å². The molecule has 0 aliphatic rings. The summed E-state index contributed by atoms with van der Waals surface area (Å²) in [5.74, 6) is 0.945. The fourth-order valence-corrected chi connectivity index (χ4v) is 1.87. The summed E-state index contributed by atoms with van der Waals surface area (Å²) in [6.45, 7) is 3.73. The van der Waals surface area contributed by atoms with Gasteiger partial charge in [0.25, 0.3) is 0 Å². The SMILES string of the molecule is CCn1nccc1CNc1cccnc1N(C)C. The molecule has 2 rings (SSSR count). The molecule has 2 heterocycles. The van der Waals surface area contributed by atoms with Crippen molar-refractivity contribution in [3.63, 3.8) is 0 Å². The maximum Gasteiger partial charge on any atom is 0.151 e. The molecular formula is C13H19N5. The first-order valence-corrected chi connectivity index (χ1v) is 6.09. The van der Waals surface area contributed by atoms with Gasteiger partial charge in [-0.2, -0.15) is 5.10 Å². The van der Waals surface area contributed by atoms with Crippen LogP contribution < -0.4 is 10.2 Å². The molecule has 2 aromatic heterocycles. The highest BCUT2D eigenvalue weighted by Gasteiger charge is 2.06. The van der Waals surface area contributed by atoms with E-state index in [9.17, 15) is 0 Å². The van der Waals surface area contributed by atoms with Crippen molar-refractivity contribution in [1.82, 2.24) is 14.8 Å². The van der Waals surface area contributed by atoms with E-state index in [0.717, 1.165) is 24.6 Å². The first kappa shape index (κ1) is 12.4. The lowest BCUT2D eigenvalue weighted by molar-refractivity contribution is 0.627. The second kappa shape index (κ2) is 5.53. The number of hydrogen-bond acceptors (Lipinski definition) is 4. The quantitative estimate of drug-likeness (QED) is 0.875. The predicted molar refractivity (Wildman–Crippen MR) is 73.8 cm³/mol. The largest absolute Gasteiger partial charge is 0.376 e. The van der Waals surface area contributed by atoms with Crippen LogP contribution in [-0.4, -0.2) is 28.9 Å². The van der Waals surface area contributed by atoms with Crippen molar-refractivity contribution in [2.24, 2.45) is 0 Å². The van der Waals surface area contributed by atoms with E-state index in [1.165, 1.54) is 5.69 Å². The highest BCUT2D eigenvalue weighted by Crippen LogP contribution is 2.20. The maximum absolute atomic E-state index is 4.36. The second-order valence-corrected chi connectivity index (χ2v) is 4.26. The van der Waals surface area contributed by atoms with Gasteiger partial charge in [0.05, 0.1) is 17.9 Å². The van der Waals surface area contributed by atoms with Gasteiger partial charge in [0, 0.05) is 33.0 Å². The molecule has 0 fully saturated rings. The normalized spacial score (nSPS) is 10.4. The molecule has 0 aliphatic carbocycles. The van der Waals surface area contributed by atoms with Gasteiger partial charge in [-0.15, -0.1) is 0 Å². The summed E-state index contributed by atoms with van der Waals surface area (Å²) in [6, 6.07) is 6.00. The van der Waals surface area contributed by atoms with Gasteiger partial charge in [-0.1, -0.05) is 0 Å². The Bertz CT molecular complexity index is 504. The first-order chi connectivity index (χ1) is 8.72. The number of nitrogens with one attached hydrogen (secondary N) is 1. The molecule has 96 valence electrons. The predicted octanol–water partition coefficient (Wildman–Crippen LogP) is 1.98.